The number of anilines is 1. The third-order valence-corrected chi connectivity index (χ3v) is 7.72. The van der Waals surface area contributed by atoms with Gasteiger partial charge in [0.25, 0.3) is 21.7 Å². The second-order valence-corrected chi connectivity index (χ2v) is 10.9. The van der Waals surface area contributed by atoms with Crippen LogP contribution in [0.4, 0.5) is 23.7 Å². The highest BCUT2D eigenvalue weighted by atomic mass is 32.2. The molecule has 37 heavy (non-hydrogen) atoms. The van der Waals surface area contributed by atoms with Gasteiger partial charge < -0.3 is 14.5 Å². The number of amides is 4. The highest BCUT2D eigenvalue weighted by molar-refractivity contribution is 7.92. The monoisotopic (exact) mass is 540 g/mol. The molecule has 1 aromatic heterocycles. The normalized spacial score (nSPS) is 18.5. The number of alkyl halides is 3. The minimum Gasteiger partial charge on any atom is -0.378 e. The molecule has 3 heterocycles. The zero-order chi connectivity index (χ0) is 27.2. The molecule has 2 aliphatic rings. The van der Waals surface area contributed by atoms with E-state index < -0.39 is 37.7 Å². The summed E-state index contributed by atoms with van der Waals surface area (Å²) in [5.74, 6) is -0.939. The molecule has 0 aliphatic carbocycles. The standard InChI is InChI=1S/C23H23F3N4O6S/c1-22(2)20(32)30(16-3-5-17(6-4-16)37(34,35)23(24,25)26)21(33)29(22)14-15-7-8-27-18(13-15)19(31)28-9-11-36-12-10-28/h3-8,13H,9-12,14H2,1-2H3. The van der Waals surface area contributed by atoms with Crippen LogP contribution in [0.15, 0.2) is 47.5 Å². The van der Waals surface area contributed by atoms with Crippen molar-refractivity contribution in [1.29, 1.82) is 0 Å². The lowest BCUT2D eigenvalue weighted by molar-refractivity contribution is -0.123. The number of aromatic nitrogens is 1. The molecular formula is C23H23F3N4O6S. The van der Waals surface area contributed by atoms with E-state index in [4.69, 9.17) is 4.74 Å². The quantitative estimate of drug-likeness (QED) is 0.535. The van der Waals surface area contributed by atoms with E-state index in [-0.39, 0.29) is 23.8 Å². The van der Waals surface area contributed by atoms with Crippen molar-refractivity contribution >= 4 is 33.4 Å². The maximum Gasteiger partial charge on any atom is 0.501 e. The van der Waals surface area contributed by atoms with Crippen molar-refractivity contribution in [3.05, 3.63) is 53.9 Å². The number of carbonyl (C=O) groups excluding carboxylic acids is 3. The number of ether oxygens (including phenoxy) is 1. The van der Waals surface area contributed by atoms with Crippen LogP contribution in [0.5, 0.6) is 0 Å². The van der Waals surface area contributed by atoms with Crippen LogP contribution in [0.2, 0.25) is 0 Å². The van der Waals surface area contributed by atoms with Gasteiger partial charge in [-0.3, -0.25) is 14.6 Å². The number of imide groups is 1. The topological polar surface area (TPSA) is 117 Å². The molecule has 0 spiro atoms. The van der Waals surface area contributed by atoms with Gasteiger partial charge >= 0.3 is 11.5 Å². The molecule has 0 atom stereocenters. The number of morpholine rings is 1. The van der Waals surface area contributed by atoms with Gasteiger partial charge in [0.05, 0.1) is 23.8 Å². The van der Waals surface area contributed by atoms with Crippen LogP contribution in [0, 0.1) is 0 Å². The third kappa shape index (κ3) is 4.78. The Bertz CT molecular complexity index is 1340. The number of hydrogen-bond acceptors (Lipinski definition) is 7. The average molecular weight is 541 g/mol. The van der Waals surface area contributed by atoms with Gasteiger partial charge in [-0.2, -0.15) is 13.2 Å². The molecule has 14 heteroatoms. The van der Waals surface area contributed by atoms with E-state index in [1.165, 1.54) is 31.0 Å². The molecule has 0 N–H and O–H groups in total. The summed E-state index contributed by atoms with van der Waals surface area (Å²) in [6.45, 7) is 4.66. The number of hydrogen-bond donors (Lipinski definition) is 0. The molecule has 1 aromatic carbocycles. The minimum atomic E-state index is -5.58. The molecule has 4 rings (SSSR count). The van der Waals surface area contributed by atoms with E-state index in [1.54, 1.807) is 11.0 Å². The molecule has 2 saturated heterocycles. The van der Waals surface area contributed by atoms with Crippen LogP contribution in [0.25, 0.3) is 0 Å². The van der Waals surface area contributed by atoms with Gasteiger partial charge in [-0.05, 0) is 55.8 Å². The third-order valence-electron chi connectivity index (χ3n) is 6.22. The Kier molecular flexibility index (Phi) is 6.75. The Morgan fingerprint density at radius 1 is 1.08 bits per heavy atom. The molecule has 198 valence electrons. The summed E-state index contributed by atoms with van der Waals surface area (Å²) in [7, 11) is -5.58. The van der Waals surface area contributed by atoms with Gasteiger partial charge in [0.15, 0.2) is 0 Å². The SMILES string of the molecule is CC1(C)C(=O)N(c2ccc(S(=O)(=O)C(F)(F)F)cc2)C(=O)N1Cc1ccnc(C(=O)N2CCOCC2)c1. The van der Waals surface area contributed by atoms with E-state index in [1.807, 2.05) is 0 Å². The van der Waals surface area contributed by atoms with E-state index in [2.05, 4.69) is 4.98 Å². The molecule has 0 unspecified atom stereocenters. The number of pyridine rings is 1. The van der Waals surface area contributed by atoms with Gasteiger partial charge in [0.1, 0.15) is 11.2 Å². The van der Waals surface area contributed by atoms with Gasteiger partial charge in [-0.1, -0.05) is 0 Å². The van der Waals surface area contributed by atoms with Crippen LogP contribution in [-0.2, 0) is 25.9 Å². The Balaban J connectivity index is 1.57. The summed E-state index contributed by atoms with van der Waals surface area (Å²) >= 11 is 0. The highest BCUT2D eigenvalue weighted by Gasteiger charge is 2.52. The number of urea groups is 1. The lowest BCUT2D eigenvalue weighted by Gasteiger charge is -2.28. The summed E-state index contributed by atoms with van der Waals surface area (Å²) in [4.78, 5) is 46.0. The number of sulfone groups is 1. The first-order valence-electron chi connectivity index (χ1n) is 11.1. The second kappa shape index (κ2) is 9.41. The van der Waals surface area contributed by atoms with E-state index in [9.17, 15) is 36.0 Å². The largest absolute Gasteiger partial charge is 0.501 e. The molecule has 4 amide bonds. The molecule has 2 fully saturated rings. The lowest BCUT2D eigenvalue weighted by atomic mass is 10.0. The molecular weight excluding hydrogens is 517 g/mol. The predicted molar refractivity (Wildman–Crippen MR) is 123 cm³/mol. The van der Waals surface area contributed by atoms with Crippen molar-refractivity contribution in [3.63, 3.8) is 0 Å². The number of nitrogens with zero attached hydrogens (tertiary/aromatic N) is 4. The fraction of sp³-hybridized carbons (Fsp3) is 0.391. The summed E-state index contributed by atoms with van der Waals surface area (Å²) in [6.07, 6.45) is 1.43. The Morgan fingerprint density at radius 2 is 1.70 bits per heavy atom. The van der Waals surface area contributed by atoms with Crippen molar-refractivity contribution in [2.45, 2.75) is 36.3 Å². The summed E-state index contributed by atoms with van der Waals surface area (Å²) < 4.78 is 67.0. The molecule has 0 saturated carbocycles. The Morgan fingerprint density at radius 3 is 2.30 bits per heavy atom. The van der Waals surface area contributed by atoms with Gasteiger partial charge in [-0.15, -0.1) is 0 Å². The van der Waals surface area contributed by atoms with Crippen molar-refractivity contribution in [2.75, 3.05) is 31.2 Å². The van der Waals surface area contributed by atoms with Gasteiger partial charge in [0, 0.05) is 25.8 Å². The van der Waals surface area contributed by atoms with E-state index in [0.717, 1.165) is 17.0 Å². The van der Waals surface area contributed by atoms with Crippen LogP contribution >= 0.6 is 0 Å². The maximum absolute atomic E-state index is 13.3. The smallest absolute Gasteiger partial charge is 0.378 e. The number of benzene rings is 1. The summed E-state index contributed by atoms with van der Waals surface area (Å²) in [5.41, 5.74) is -6.20. The maximum atomic E-state index is 13.3. The van der Waals surface area contributed by atoms with Crippen molar-refractivity contribution in [3.8, 4) is 0 Å². The first kappa shape index (κ1) is 26.5. The number of halogens is 3. The molecule has 2 aromatic rings. The average Bonchev–Trinajstić information content (AvgIpc) is 3.03. The zero-order valence-corrected chi connectivity index (χ0v) is 20.7. The van der Waals surface area contributed by atoms with Gasteiger partial charge in [-0.25, -0.2) is 18.1 Å². The first-order valence-corrected chi connectivity index (χ1v) is 12.6. The van der Waals surface area contributed by atoms with Crippen LogP contribution in [-0.4, -0.2) is 78.4 Å². The number of carbonyl (C=O) groups is 3. The zero-order valence-electron chi connectivity index (χ0n) is 19.9. The Labute approximate surface area is 210 Å². The minimum absolute atomic E-state index is 0.0550. The van der Waals surface area contributed by atoms with Crippen molar-refractivity contribution < 1.29 is 40.7 Å². The Hall–Kier alpha value is -3.52. The lowest BCUT2D eigenvalue weighted by Crippen LogP contribution is -2.43. The van der Waals surface area contributed by atoms with Crippen LogP contribution < -0.4 is 4.90 Å². The van der Waals surface area contributed by atoms with E-state index >= 15 is 0 Å². The van der Waals surface area contributed by atoms with Crippen LogP contribution in [0.1, 0.15) is 29.9 Å². The summed E-state index contributed by atoms with van der Waals surface area (Å²) in [5, 5.41) is 0. The van der Waals surface area contributed by atoms with Crippen LogP contribution in [0.3, 0.4) is 0 Å². The summed E-state index contributed by atoms with van der Waals surface area (Å²) in [6, 6.07) is 5.72. The number of rotatable bonds is 5. The first-order chi connectivity index (χ1) is 17.2. The van der Waals surface area contributed by atoms with Gasteiger partial charge in [0.2, 0.25) is 0 Å². The molecule has 10 nitrogen and oxygen atoms in total. The molecule has 0 radical (unpaired) electrons. The second-order valence-electron chi connectivity index (χ2n) is 8.97. The fourth-order valence-corrected chi connectivity index (χ4v) is 4.80. The molecule has 0 bridgehead atoms. The fourth-order valence-electron chi connectivity index (χ4n) is 4.04. The van der Waals surface area contributed by atoms with Crippen molar-refractivity contribution in [1.82, 2.24) is 14.8 Å². The van der Waals surface area contributed by atoms with E-state index in [0.29, 0.717) is 44.0 Å². The highest BCUT2D eigenvalue weighted by Crippen LogP contribution is 2.35. The molecule has 2 aliphatic heterocycles. The predicted octanol–water partition coefficient (Wildman–Crippen LogP) is 2.59. The van der Waals surface area contributed by atoms with Crippen molar-refractivity contribution in [2.24, 2.45) is 0 Å².